The lowest BCUT2D eigenvalue weighted by atomic mass is 9.48. The Bertz CT molecular complexity index is 3240. The predicted octanol–water partition coefficient (Wildman–Crippen LogP) is 17.0. The lowest BCUT2D eigenvalue weighted by Crippen LogP contribution is -2.48. The molecule has 0 saturated heterocycles. The van der Waals surface area contributed by atoms with E-state index in [4.69, 9.17) is 21.5 Å². The van der Waals surface area contributed by atoms with E-state index in [-0.39, 0.29) is 0 Å². The van der Waals surface area contributed by atoms with E-state index in [1.54, 1.807) is 5.56 Å². The Hall–Kier alpha value is -6.96. The molecule has 0 atom stereocenters. The molecule has 8 aliphatic rings. The number of rotatable bonds is 9. The molecule has 0 amide bonds. The van der Waals surface area contributed by atoms with Crippen molar-refractivity contribution in [3.05, 3.63) is 192 Å². The van der Waals surface area contributed by atoms with Gasteiger partial charge in [-0.1, -0.05) is 152 Å². The summed E-state index contributed by atoms with van der Waals surface area (Å²) in [4.78, 5) is 19.7. The molecular weight excluding hydrogens is 849 g/mol. The maximum absolute atomic E-state index is 7.64. The van der Waals surface area contributed by atoms with Crippen molar-refractivity contribution in [1.82, 2.24) is 15.0 Å². The first-order valence-corrected chi connectivity index (χ1v) is 26.3. The molecule has 7 aromatic carbocycles. The van der Waals surface area contributed by atoms with Crippen molar-refractivity contribution in [2.75, 3.05) is 0 Å². The summed E-state index contributed by atoms with van der Waals surface area (Å²) in [5, 5.41) is 0. The highest BCUT2D eigenvalue weighted by Crippen LogP contribution is 2.62. The molecule has 0 radical (unpaired) electrons. The zero-order valence-electron chi connectivity index (χ0n) is 39.9. The van der Waals surface area contributed by atoms with E-state index in [0.717, 1.165) is 85.6 Å². The summed E-state index contributed by atoms with van der Waals surface area (Å²) in [6.07, 6.45) is 17.0. The summed E-state index contributed by atoms with van der Waals surface area (Å²) in [6, 6.07) is 61.7. The van der Waals surface area contributed by atoms with Crippen LogP contribution in [0.3, 0.4) is 0 Å². The van der Waals surface area contributed by atoms with Gasteiger partial charge in [0.1, 0.15) is 0 Å². The zero-order valence-corrected chi connectivity index (χ0v) is 39.9. The quantitative estimate of drug-likeness (QED) is 0.136. The van der Waals surface area contributed by atoms with Crippen LogP contribution >= 0.6 is 0 Å². The monoisotopic (exact) mass is 906 g/mol. The van der Waals surface area contributed by atoms with E-state index >= 15 is 0 Å². The van der Waals surface area contributed by atoms with Crippen molar-refractivity contribution >= 4 is 5.69 Å². The molecule has 8 bridgehead atoms. The van der Waals surface area contributed by atoms with Crippen molar-refractivity contribution in [3.8, 4) is 78.7 Å². The molecule has 0 N–H and O–H groups in total. The van der Waals surface area contributed by atoms with E-state index in [1.165, 1.54) is 93.7 Å². The number of hydrogen-bond donors (Lipinski definition) is 0. The van der Waals surface area contributed by atoms with Gasteiger partial charge in [-0.3, -0.25) is 0 Å². The van der Waals surface area contributed by atoms with Crippen LogP contribution in [0.15, 0.2) is 170 Å². The van der Waals surface area contributed by atoms with Crippen LogP contribution in [-0.4, -0.2) is 15.0 Å². The summed E-state index contributed by atoms with van der Waals surface area (Å²) in [5.74, 6) is 7.45. The predicted molar refractivity (Wildman–Crippen MR) is 284 cm³/mol. The second-order valence-electron chi connectivity index (χ2n) is 22.8. The fourth-order valence-electron chi connectivity index (χ4n) is 15.9. The fourth-order valence-corrected chi connectivity index (χ4v) is 15.9. The van der Waals surface area contributed by atoms with Gasteiger partial charge in [0, 0.05) is 16.7 Å². The molecule has 8 saturated carbocycles. The third kappa shape index (κ3) is 7.43. The molecule has 16 rings (SSSR count). The van der Waals surface area contributed by atoms with Gasteiger partial charge in [0.2, 0.25) is 0 Å². The Morgan fingerprint density at radius 1 is 0.329 bits per heavy atom. The van der Waals surface area contributed by atoms with Gasteiger partial charge in [0.05, 0.1) is 6.57 Å². The van der Waals surface area contributed by atoms with Gasteiger partial charge in [-0.15, -0.1) is 0 Å². The summed E-state index contributed by atoms with van der Waals surface area (Å²) in [5.41, 5.74) is 16.4. The van der Waals surface area contributed by atoms with Crippen molar-refractivity contribution in [2.24, 2.45) is 35.5 Å². The van der Waals surface area contributed by atoms with Crippen LogP contribution in [0.4, 0.5) is 5.69 Å². The average molecular weight is 907 g/mol. The number of benzene rings is 7. The van der Waals surface area contributed by atoms with E-state index in [9.17, 15) is 0 Å². The molecular formula is C66H58N4. The highest BCUT2D eigenvalue weighted by atomic mass is 15.0. The van der Waals surface area contributed by atoms with Gasteiger partial charge in [-0.05, 0) is 197 Å². The maximum Gasteiger partial charge on any atom is 0.187 e. The third-order valence-electron chi connectivity index (χ3n) is 18.3. The van der Waals surface area contributed by atoms with Crippen LogP contribution in [0.2, 0.25) is 0 Å². The van der Waals surface area contributed by atoms with Crippen molar-refractivity contribution < 1.29 is 0 Å². The lowest BCUT2D eigenvalue weighted by Gasteiger charge is -2.57. The molecule has 1 aromatic heterocycles. The molecule has 0 unspecified atom stereocenters. The van der Waals surface area contributed by atoms with Crippen LogP contribution in [0.25, 0.3) is 83.5 Å². The molecule has 4 nitrogen and oxygen atoms in total. The third-order valence-corrected chi connectivity index (χ3v) is 18.3. The Labute approximate surface area is 413 Å². The van der Waals surface area contributed by atoms with Crippen LogP contribution in [0, 0.1) is 42.1 Å². The molecule has 342 valence electrons. The van der Waals surface area contributed by atoms with Gasteiger partial charge in [-0.25, -0.2) is 19.8 Å². The Morgan fingerprint density at radius 3 is 1.24 bits per heavy atom. The second kappa shape index (κ2) is 16.6. The number of aromatic nitrogens is 3. The van der Waals surface area contributed by atoms with Crippen LogP contribution in [0.1, 0.15) is 88.2 Å². The van der Waals surface area contributed by atoms with Gasteiger partial charge < -0.3 is 0 Å². The first-order valence-electron chi connectivity index (χ1n) is 26.3. The number of hydrogen-bond acceptors (Lipinski definition) is 3. The first kappa shape index (κ1) is 42.0. The summed E-state index contributed by atoms with van der Waals surface area (Å²) in [7, 11) is 0. The molecule has 0 spiro atoms. The minimum Gasteiger partial charge on any atom is -0.238 e. The standard InChI is InChI=1S/C66H58N4/c1-67-59-25-18-52(19-26-59)61-35-55(48-6-3-2-4-7-48)20-27-60(61)64-69-62(53-16-23-58(24-17-53)66-39-45-31-46(40-66)33-47(32-45)41-66)68-63(70-64)56-9-5-8-54(34-56)51-12-10-49(11-13-51)50-14-21-57(22-15-50)65-36-42-28-43(37-65)30-44(29-42)38-65/h2-27,34-35,42-47H,28-33,36-41H2. The van der Waals surface area contributed by atoms with Gasteiger partial charge in [0.25, 0.3) is 0 Å². The highest BCUT2D eigenvalue weighted by Gasteiger charge is 2.52. The smallest absolute Gasteiger partial charge is 0.187 e. The van der Waals surface area contributed by atoms with E-state index in [2.05, 4.69) is 150 Å². The molecule has 1 heterocycles. The molecule has 4 heteroatoms. The Kier molecular flexibility index (Phi) is 9.95. The fraction of sp³-hybridized carbons (Fsp3) is 0.303. The Morgan fingerprint density at radius 2 is 0.714 bits per heavy atom. The molecule has 8 fully saturated rings. The van der Waals surface area contributed by atoms with Crippen molar-refractivity contribution in [2.45, 2.75) is 87.9 Å². The normalized spacial score (nSPS) is 26.8. The highest BCUT2D eigenvalue weighted by molar-refractivity contribution is 5.86. The molecule has 8 aromatic rings. The first-order chi connectivity index (χ1) is 34.4. The van der Waals surface area contributed by atoms with Crippen molar-refractivity contribution in [3.63, 3.8) is 0 Å². The van der Waals surface area contributed by atoms with E-state index in [0.29, 0.717) is 34.0 Å². The topological polar surface area (TPSA) is 43.0 Å². The largest absolute Gasteiger partial charge is 0.238 e. The van der Waals surface area contributed by atoms with Gasteiger partial charge in [0.15, 0.2) is 23.2 Å². The summed E-state index contributed by atoms with van der Waals surface area (Å²) < 4.78 is 0. The number of nitrogens with zero attached hydrogens (tertiary/aromatic N) is 4. The van der Waals surface area contributed by atoms with Gasteiger partial charge >= 0.3 is 0 Å². The Balaban J connectivity index is 0.824. The minimum atomic E-state index is 0.317. The molecule has 0 aliphatic heterocycles. The van der Waals surface area contributed by atoms with E-state index in [1.807, 2.05) is 24.3 Å². The van der Waals surface area contributed by atoms with Crippen LogP contribution in [-0.2, 0) is 10.8 Å². The SMILES string of the molecule is [C-]#[N+]c1ccc(-c2cc(-c3ccccc3)ccc2-c2nc(-c3ccc(C45CC6CC(CC(C6)C4)C5)cc3)nc(-c3cccc(-c4ccc(-c5ccc(C67CC8CC(CC(C8)C6)C7)cc5)cc4)c3)n2)cc1. The molecule has 70 heavy (non-hydrogen) atoms. The van der Waals surface area contributed by atoms with Crippen LogP contribution < -0.4 is 0 Å². The average Bonchev–Trinajstić information content (AvgIpc) is 3.40. The molecule has 8 aliphatic carbocycles. The lowest BCUT2D eigenvalue weighted by molar-refractivity contribution is -0.00530. The second-order valence-corrected chi connectivity index (χ2v) is 22.8. The maximum atomic E-state index is 7.64. The van der Waals surface area contributed by atoms with Crippen molar-refractivity contribution in [1.29, 1.82) is 0 Å². The summed E-state index contributed by atoms with van der Waals surface area (Å²) >= 11 is 0. The minimum absolute atomic E-state index is 0.317. The summed E-state index contributed by atoms with van der Waals surface area (Å²) in [6.45, 7) is 7.64. The zero-order chi connectivity index (χ0) is 46.4. The van der Waals surface area contributed by atoms with Crippen LogP contribution in [0.5, 0.6) is 0 Å². The van der Waals surface area contributed by atoms with E-state index < -0.39 is 0 Å². The van der Waals surface area contributed by atoms with Gasteiger partial charge in [-0.2, -0.15) is 0 Å².